The molecule has 0 aliphatic rings. The van der Waals surface area contributed by atoms with Crippen LogP contribution in [0, 0.1) is 6.92 Å². The van der Waals surface area contributed by atoms with Crippen LogP contribution in [0.2, 0.25) is 0 Å². The summed E-state index contributed by atoms with van der Waals surface area (Å²) in [5.74, 6) is -0.717. The summed E-state index contributed by atoms with van der Waals surface area (Å²) in [6, 6.07) is 10.2. The second-order valence-electron chi connectivity index (χ2n) is 4.54. The highest BCUT2D eigenvalue weighted by atomic mass is 16.4. The number of aromatic nitrogens is 1. The molecule has 0 fully saturated rings. The van der Waals surface area contributed by atoms with Gasteiger partial charge in [0.05, 0.1) is 5.52 Å². The third-order valence-corrected chi connectivity index (χ3v) is 3.02. The number of hydrogen-bond acceptors (Lipinski definition) is 2. The highest BCUT2D eigenvalue weighted by molar-refractivity contribution is 5.82. The Morgan fingerprint density at radius 3 is 2.83 bits per heavy atom. The largest absolute Gasteiger partial charge is 0.481 e. The zero-order valence-corrected chi connectivity index (χ0v) is 10.5. The zero-order chi connectivity index (χ0) is 13.0. The van der Waals surface area contributed by atoms with Crippen molar-refractivity contribution in [3.63, 3.8) is 0 Å². The average molecular weight is 243 g/mol. The van der Waals surface area contributed by atoms with Crippen molar-refractivity contribution in [1.29, 1.82) is 0 Å². The lowest BCUT2D eigenvalue weighted by Crippen LogP contribution is -1.96. The number of aryl methyl sites for hydroxylation is 2. The topological polar surface area (TPSA) is 50.2 Å². The van der Waals surface area contributed by atoms with Gasteiger partial charge in [-0.1, -0.05) is 18.2 Å². The Morgan fingerprint density at radius 1 is 1.28 bits per heavy atom. The lowest BCUT2D eigenvalue weighted by atomic mass is 10.0. The molecule has 0 saturated carbocycles. The number of para-hydroxylation sites is 1. The van der Waals surface area contributed by atoms with Gasteiger partial charge in [0, 0.05) is 17.5 Å². The van der Waals surface area contributed by atoms with Crippen LogP contribution >= 0.6 is 0 Å². The molecule has 0 bridgehead atoms. The van der Waals surface area contributed by atoms with Gasteiger partial charge in [-0.05, 0) is 43.9 Å². The van der Waals surface area contributed by atoms with E-state index in [4.69, 9.17) is 5.11 Å². The number of nitrogens with zero attached hydrogens (tertiary/aromatic N) is 1. The summed E-state index contributed by atoms with van der Waals surface area (Å²) in [4.78, 5) is 15.0. The second kappa shape index (κ2) is 5.63. The Hall–Kier alpha value is -1.90. The fourth-order valence-corrected chi connectivity index (χ4v) is 2.19. The fraction of sp³-hybridized carbons (Fsp3) is 0.333. The van der Waals surface area contributed by atoms with E-state index in [1.165, 1.54) is 10.9 Å². The van der Waals surface area contributed by atoms with Crippen LogP contribution in [-0.4, -0.2) is 16.1 Å². The van der Waals surface area contributed by atoms with E-state index >= 15 is 0 Å². The van der Waals surface area contributed by atoms with Crippen LogP contribution in [0.5, 0.6) is 0 Å². The normalized spacial score (nSPS) is 10.7. The van der Waals surface area contributed by atoms with Gasteiger partial charge in [-0.2, -0.15) is 0 Å². The van der Waals surface area contributed by atoms with E-state index in [9.17, 15) is 4.79 Å². The lowest BCUT2D eigenvalue weighted by Gasteiger charge is -2.07. The van der Waals surface area contributed by atoms with Gasteiger partial charge >= 0.3 is 5.97 Å². The summed E-state index contributed by atoms with van der Waals surface area (Å²) in [7, 11) is 0. The number of fused-ring (bicyclic) bond motifs is 1. The molecular formula is C15H17NO2. The zero-order valence-electron chi connectivity index (χ0n) is 10.5. The number of hydrogen-bond donors (Lipinski definition) is 1. The van der Waals surface area contributed by atoms with Gasteiger partial charge in [-0.3, -0.25) is 9.78 Å². The molecule has 1 aromatic heterocycles. The molecule has 3 heteroatoms. The first-order valence-corrected chi connectivity index (χ1v) is 6.24. The van der Waals surface area contributed by atoms with E-state index in [1.807, 2.05) is 25.1 Å². The molecule has 2 rings (SSSR count). The third-order valence-electron chi connectivity index (χ3n) is 3.02. The van der Waals surface area contributed by atoms with Crippen molar-refractivity contribution in [1.82, 2.24) is 4.98 Å². The van der Waals surface area contributed by atoms with Gasteiger partial charge in [-0.25, -0.2) is 0 Å². The predicted octanol–water partition coefficient (Wildman–Crippen LogP) is 3.34. The molecule has 0 aliphatic heterocycles. The van der Waals surface area contributed by atoms with Crippen molar-refractivity contribution in [3.8, 4) is 0 Å². The van der Waals surface area contributed by atoms with Crippen LogP contribution < -0.4 is 0 Å². The maximum absolute atomic E-state index is 10.5. The summed E-state index contributed by atoms with van der Waals surface area (Å²) in [6.07, 6.45) is 2.80. The molecule has 0 amide bonds. The first-order chi connectivity index (χ1) is 8.66. The molecule has 0 spiro atoms. The number of carboxylic acids is 1. The van der Waals surface area contributed by atoms with Crippen LogP contribution in [0.25, 0.3) is 10.9 Å². The minimum atomic E-state index is -0.717. The van der Waals surface area contributed by atoms with E-state index < -0.39 is 5.97 Å². The lowest BCUT2D eigenvalue weighted by molar-refractivity contribution is -0.137. The molecule has 2 aromatic rings. The third kappa shape index (κ3) is 3.06. The van der Waals surface area contributed by atoms with Crippen LogP contribution in [0.1, 0.15) is 30.5 Å². The molecular weight excluding hydrogens is 226 g/mol. The standard InChI is InChI=1S/C15H17NO2/c1-11-10-12(6-2-5-9-15(17)18)13-7-3-4-8-14(13)16-11/h3-4,7-8,10H,2,5-6,9H2,1H3,(H,17,18). The summed E-state index contributed by atoms with van der Waals surface area (Å²) < 4.78 is 0. The van der Waals surface area contributed by atoms with Gasteiger partial charge in [0.2, 0.25) is 0 Å². The number of carboxylic acid groups (broad SMARTS) is 1. The fourth-order valence-electron chi connectivity index (χ4n) is 2.19. The van der Waals surface area contributed by atoms with Crippen LogP contribution in [0.15, 0.2) is 30.3 Å². The van der Waals surface area contributed by atoms with Crippen LogP contribution in [0.3, 0.4) is 0 Å². The molecule has 3 nitrogen and oxygen atoms in total. The predicted molar refractivity (Wildman–Crippen MR) is 71.7 cm³/mol. The van der Waals surface area contributed by atoms with E-state index in [1.54, 1.807) is 0 Å². The summed E-state index contributed by atoms with van der Waals surface area (Å²) in [6.45, 7) is 1.99. The van der Waals surface area contributed by atoms with Crippen molar-refractivity contribution < 1.29 is 9.90 Å². The maximum Gasteiger partial charge on any atom is 0.303 e. The van der Waals surface area contributed by atoms with Crippen LogP contribution in [-0.2, 0) is 11.2 Å². The number of unbranched alkanes of at least 4 members (excludes halogenated alkanes) is 1. The molecule has 1 N–H and O–H groups in total. The first kappa shape index (κ1) is 12.6. The highest BCUT2D eigenvalue weighted by Gasteiger charge is 2.04. The van der Waals surface area contributed by atoms with Crippen molar-refractivity contribution in [2.75, 3.05) is 0 Å². The van der Waals surface area contributed by atoms with Crippen molar-refractivity contribution in [3.05, 3.63) is 41.6 Å². The number of carbonyl (C=O) groups is 1. The molecule has 0 atom stereocenters. The quantitative estimate of drug-likeness (QED) is 0.819. The Bertz CT molecular complexity index is 563. The molecule has 0 aliphatic carbocycles. The van der Waals surface area contributed by atoms with Crippen molar-refractivity contribution >= 4 is 16.9 Å². The highest BCUT2D eigenvalue weighted by Crippen LogP contribution is 2.20. The Morgan fingerprint density at radius 2 is 2.06 bits per heavy atom. The van der Waals surface area contributed by atoms with Gasteiger partial charge in [-0.15, -0.1) is 0 Å². The molecule has 0 saturated heterocycles. The minimum Gasteiger partial charge on any atom is -0.481 e. The van der Waals surface area contributed by atoms with Gasteiger partial charge < -0.3 is 5.11 Å². The summed E-state index contributed by atoms with van der Waals surface area (Å²) in [5.41, 5.74) is 3.30. The van der Waals surface area contributed by atoms with E-state index in [0.717, 1.165) is 30.5 Å². The Kier molecular flexibility index (Phi) is 3.92. The number of aliphatic carboxylic acids is 1. The molecule has 0 radical (unpaired) electrons. The number of rotatable bonds is 5. The SMILES string of the molecule is Cc1cc(CCCCC(=O)O)c2ccccc2n1. The molecule has 1 heterocycles. The first-order valence-electron chi connectivity index (χ1n) is 6.24. The molecule has 1 aromatic carbocycles. The smallest absolute Gasteiger partial charge is 0.303 e. The Balaban J connectivity index is 2.14. The van der Waals surface area contributed by atoms with Crippen molar-refractivity contribution in [2.24, 2.45) is 0 Å². The van der Waals surface area contributed by atoms with Crippen LogP contribution in [0.4, 0.5) is 0 Å². The summed E-state index contributed by atoms with van der Waals surface area (Å²) >= 11 is 0. The number of pyridine rings is 1. The van der Waals surface area contributed by atoms with E-state index in [0.29, 0.717) is 0 Å². The Labute approximate surface area is 106 Å². The second-order valence-corrected chi connectivity index (χ2v) is 4.54. The average Bonchev–Trinajstić information content (AvgIpc) is 2.34. The van der Waals surface area contributed by atoms with Crippen molar-refractivity contribution in [2.45, 2.75) is 32.6 Å². The molecule has 0 unspecified atom stereocenters. The van der Waals surface area contributed by atoms with E-state index in [2.05, 4.69) is 17.1 Å². The maximum atomic E-state index is 10.5. The van der Waals surface area contributed by atoms with E-state index in [-0.39, 0.29) is 6.42 Å². The summed E-state index contributed by atoms with van der Waals surface area (Å²) in [5, 5.41) is 9.80. The van der Waals surface area contributed by atoms with Gasteiger partial charge in [0.25, 0.3) is 0 Å². The monoisotopic (exact) mass is 243 g/mol. The molecule has 94 valence electrons. The number of benzene rings is 1. The van der Waals surface area contributed by atoms with Gasteiger partial charge in [0.15, 0.2) is 0 Å². The minimum absolute atomic E-state index is 0.252. The van der Waals surface area contributed by atoms with Gasteiger partial charge in [0.1, 0.15) is 0 Å². The molecule has 18 heavy (non-hydrogen) atoms.